The summed E-state index contributed by atoms with van der Waals surface area (Å²) in [5.74, 6) is -4.93. The molecule has 0 aromatic carbocycles. The quantitative estimate of drug-likeness (QED) is 0.430. The van der Waals surface area contributed by atoms with Crippen molar-refractivity contribution >= 4 is 6.29 Å². The Bertz CT molecular complexity index is 171. The Kier molecular flexibility index (Phi) is 7.44. The van der Waals surface area contributed by atoms with Gasteiger partial charge in [-0.25, -0.2) is 13.2 Å². The number of rotatable bonds is 9. The van der Waals surface area contributed by atoms with Crippen molar-refractivity contribution in [1.82, 2.24) is 0 Å². The summed E-state index contributed by atoms with van der Waals surface area (Å²) in [6, 6.07) is 0. The fourth-order valence-corrected chi connectivity index (χ4v) is 1.45. The van der Waals surface area contributed by atoms with E-state index in [4.69, 9.17) is 0 Å². The molecule has 0 spiro atoms. The topological polar surface area (TPSA) is 17.1 Å². The van der Waals surface area contributed by atoms with Crippen molar-refractivity contribution in [3.63, 3.8) is 0 Å². The number of carbonyl (C=O) groups is 1. The molecule has 0 bridgehead atoms. The van der Waals surface area contributed by atoms with Crippen molar-refractivity contribution in [2.75, 3.05) is 6.67 Å². The highest BCUT2D eigenvalue weighted by Gasteiger charge is 2.38. The van der Waals surface area contributed by atoms with E-state index < -0.39 is 18.5 Å². The molecule has 0 aromatic rings. The molecule has 0 aliphatic carbocycles. The molecule has 0 aliphatic rings. The molecule has 0 rings (SSSR count). The van der Waals surface area contributed by atoms with Gasteiger partial charge < -0.3 is 4.79 Å². The first-order valence-electron chi connectivity index (χ1n) is 5.47. The SMILES string of the molecule is CCCCCCCC(C=O)C(F)(F)CF. The fraction of sp³-hybridized carbons (Fsp3) is 0.909. The van der Waals surface area contributed by atoms with Crippen LogP contribution >= 0.6 is 0 Å². The first-order valence-corrected chi connectivity index (χ1v) is 5.47. The van der Waals surface area contributed by atoms with Crippen LogP contribution in [0.25, 0.3) is 0 Å². The lowest BCUT2D eigenvalue weighted by Gasteiger charge is -2.18. The maximum absolute atomic E-state index is 12.8. The van der Waals surface area contributed by atoms with Gasteiger partial charge in [0.15, 0.2) is 6.67 Å². The predicted molar refractivity (Wildman–Crippen MR) is 53.9 cm³/mol. The van der Waals surface area contributed by atoms with Crippen molar-refractivity contribution in [3.05, 3.63) is 0 Å². The first kappa shape index (κ1) is 14.5. The molecule has 0 aliphatic heterocycles. The van der Waals surface area contributed by atoms with Crippen LogP contribution in [0.2, 0.25) is 0 Å². The maximum Gasteiger partial charge on any atom is 0.285 e. The first-order chi connectivity index (χ1) is 7.08. The van der Waals surface area contributed by atoms with E-state index in [1.165, 1.54) is 0 Å². The molecule has 0 heterocycles. The third-order valence-electron chi connectivity index (χ3n) is 2.50. The Morgan fingerprint density at radius 2 is 1.80 bits per heavy atom. The highest BCUT2D eigenvalue weighted by molar-refractivity contribution is 5.55. The summed E-state index contributed by atoms with van der Waals surface area (Å²) >= 11 is 0. The van der Waals surface area contributed by atoms with Gasteiger partial charge in [-0.2, -0.15) is 0 Å². The van der Waals surface area contributed by atoms with Crippen LogP contribution < -0.4 is 0 Å². The summed E-state index contributed by atoms with van der Waals surface area (Å²) in [6.07, 6.45) is 4.81. The van der Waals surface area contributed by atoms with E-state index in [-0.39, 0.29) is 12.7 Å². The van der Waals surface area contributed by atoms with Gasteiger partial charge in [0.1, 0.15) is 6.29 Å². The number of carbonyl (C=O) groups excluding carboxylic acids is 1. The predicted octanol–water partition coefficient (Wildman–Crippen LogP) is 3.77. The van der Waals surface area contributed by atoms with E-state index >= 15 is 0 Å². The molecule has 1 unspecified atom stereocenters. The Labute approximate surface area is 89.0 Å². The summed E-state index contributed by atoms with van der Waals surface area (Å²) in [7, 11) is 0. The molecule has 15 heavy (non-hydrogen) atoms. The second kappa shape index (κ2) is 7.71. The average molecular weight is 224 g/mol. The molecule has 0 amide bonds. The Morgan fingerprint density at radius 3 is 2.27 bits per heavy atom. The Hall–Kier alpha value is -0.540. The van der Waals surface area contributed by atoms with Gasteiger partial charge in [0, 0.05) is 0 Å². The van der Waals surface area contributed by atoms with Gasteiger partial charge in [-0.1, -0.05) is 39.0 Å². The largest absolute Gasteiger partial charge is 0.303 e. The van der Waals surface area contributed by atoms with Gasteiger partial charge in [0.05, 0.1) is 5.92 Å². The number of unbranched alkanes of at least 4 members (excludes halogenated alkanes) is 4. The van der Waals surface area contributed by atoms with Gasteiger partial charge in [0.25, 0.3) is 5.92 Å². The van der Waals surface area contributed by atoms with E-state index in [1.54, 1.807) is 0 Å². The van der Waals surface area contributed by atoms with Crippen molar-refractivity contribution in [1.29, 1.82) is 0 Å². The zero-order valence-electron chi connectivity index (χ0n) is 9.15. The lowest BCUT2D eigenvalue weighted by Crippen LogP contribution is -2.31. The number of alkyl halides is 3. The molecule has 0 radical (unpaired) electrons. The van der Waals surface area contributed by atoms with Crippen LogP contribution in [0, 0.1) is 5.92 Å². The fourth-order valence-electron chi connectivity index (χ4n) is 1.45. The summed E-state index contributed by atoms with van der Waals surface area (Å²) in [5.41, 5.74) is 0. The van der Waals surface area contributed by atoms with Crippen LogP contribution in [-0.2, 0) is 4.79 Å². The van der Waals surface area contributed by atoms with E-state index in [0.29, 0.717) is 6.42 Å². The highest BCUT2D eigenvalue weighted by Crippen LogP contribution is 2.28. The second-order valence-corrected chi connectivity index (χ2v) is 3.84. The molecule has 0 N–H and O–H groups in total. The summed E-state index contributed by atoms with van der Waals surface area (Å²) in [5, 5.41) is 0. The van der Waals surface area contributed by atoms with Crippen molar-refractivity contribution in [2.45, 2.75) is 51.4 Å². The third kappa shape index (κ3) is 5.80. The lowest BCUT2D eigenvalue weighted by molar-refractivity contribution is -0.128. The van der Waals surface area contributed by atoms with E-state index in [9.17, 15) is 18.0 Å². The molecule has 4 heteroatoms. The van der Waals surface area contributed by atoms with Crippen molar-refractivity contribution in [3.8, 4) is 0 Å². The van der Waals surface area contributed by atoms with Crippen LogP contribution in [0.15, 0.2) is 0 Å². The molecule has 1 atom stereocenters. The number of aldehydes is 1. The van der Waals surface area contributed by atoms with E-state index in [2.05, 4.69) is 6.92 Å². The summed E-state index contributed by atoms with van der Waals surface area (Å²) in [4.78, 5) is 10.4. The van der Waals surface area contributed by atoms with E-state index in [1.807, 2.05) is 0 Å². The van der Waals surface area contributed by atoms with Crippen LogP contribution in [-0.4, -0.2) is 18.9 Å². The summed E-state index contributed by atoms with van der Waals surface area (Å²) < 4.78 is 37.5. The number of halogens is 3. The Balaban J connectivity index is 3.76. The smallest absolute Gasteiger partial charge is 0.285 e. The number of hydrogen-bond acceptors (Lipinski definition) is 1. The van der Waals surface area contributed by atoms with Gasteiger partial charge in [-0.15, -0.1) is 0 Å². The minimum atomic E-state index is -3.48. The third-order valence-corrected chi connectivity index (χ3v) is 2.50. The van der Waals surface area contributed by atoms with Crippen molar-refractivity contribution < 1.29 is 18.0 Å². The molecule has 0 saturated carbocycles. The van der Waals surface area contributed by atoms with Gasteiger partial charge in [0.2, 0.25) is 0 Å². The second-order valence-electron chi connectivity index (χ2n) is 3.84. The van der Waals surface area contributed by atoms with Crippen LogP contribution in [0.4, 0.5) is 13.2 Å². The van der Waals surface area contributed by atoms with Crippen LogP contribution in [0.1, 0.15) is 45.4 Å². The zero-order valence-corrected chi connectivity index (χ0v) is 9.15. The van der Waals surface area contributed by atoms with Crippen molar-refractivity contribution in [2.24, 2.45) is 5.92 Å². The van der Waals surface area contributed by atoms with Crippen LogP contribution in [0.5, 0.6) is 0 Å². The monoisotopic (exact) mass is 224 g/mol. The minimum Gasteiger partial charge on any atom is -0.303 e. The van der Waals surface area contributed by atoms with Crippen LogP contribution in [0.3, 0.4) is 0 Å². The molecule has 0 fully saturated rings. The lowest BCUT2D eigenvalue weighted by atomic mass is 9.96. The molecule has 0 saturated heterocycles. The molecule has 1 nitrogen and oxygen atoms in total. The molecule has 90 valence electrons. The van der Waals surface area contributed by atoms with Gasteiger partial charge >= 0.3 is 0 Å². The Morgan fingerprint density at radius 1 is 1.20 bits per heavy atom. The maximum atomic E-state index is 12.8. The highest BCUT2D eigenvalue weighted by atomic mass is 19.3. The minimum absolute atomic E-state index is 0.0874. The molecule has 0 aromatic heterocycles. The number of hydrogen-bond donors (Lipinski definition) is 0. The standard InChI is InChI=1S/C11H19F3O/c1-2-3-4-5-6-7-10(8-15)11(13,14)9-12/h8,10H,2-7,9H2,1H3. The normalized spacial score (nSPS) is 13.9. The van der Waals surface area contributed by atoms with Gasteiger partial charge in [-0.3, -0.25) is 0 Å². The summed E-state index contributed by atoms with van der Waals surface area (Å²) in [6.45, 7) is 0.316. The molecular weight excluding hydrogens is 205 g/mol. The zero-order chi connectivity index (χ0) is 11.7. The van der Waals surface area contributed by atoms with E-state index in [0.717, 1.165) is 25.7 Å². The van der Waals surface area contributed by atoms with Gasteiger partial charge in [-0.05, 0) is 6.42 Å². The average Bonchev–Trinajstić information content (AvgIpc) is 2.23. The molecular formula is C11H19F3O.